The maximum Gasteiger partial charge on any atom is 0.0469 e. The van der Waals surface area contributed by atoms with Crippen LogP contribution in [0.4, 0.5) is 0 Å². The van der Waals surface area contributed by atoms with Crippen LogP contribution in [0.2, 0.25) is 5.02 Å². The van der Waals surface area contributed by atoms with E-state index in [1.54, 1.807) is 0 Å². The maximum absolute atomic E-state index is 6.16. The van der Waals surface area contributed by atoms with Crippen LogP contribution in [0.1, 0.15) is 37.8 Å². The second-order valence-corrected chi connectivity index (χ2v) is 6.34. The van der Waals surface area contributed by atoms with E-state index in [4.69, 9.17) is 16.3 Å². The van der Waals surface area contributed by atoms with Gasteiger partial charge in [-0.1, -0.05) is 34.5 Å². The minimum atomic E-state index is 0.358. The Morgan fingerprint density at radius 1 is 1.42 bits per heavy atom. The highest BCUT2D eigenvalue weighted by molar-refractivity contribution is 9.10. The monoisotopic (exact) mass is 345 g/mol. The predicted molar refractivity (Wildman–Crippen MR) is 83.7 cm³/mol. The van der Waals surface area contributed by atoms with E-state index in [0.29, 0.717) is 12.0 Å². The van der Waals surface area contributed by atoms with Gasteiger partial charge < -0.3 is 10.1 Å². The quantitative estimate of drug-likeness (QED) is 0.843. The summed E-state index contributed by atoms with van der Waals surface area (Å²) in [7, 11) is 0. The van der Waals surface area contributed by atoms with Gasteiger partial charge in [-0.05, 0) is 55.5 Å². The molecule has 1 aliphatic rings. The number of nitrogens with one attached hydrogen (secondary N) is 1. The zero-order chi connectivity index (χ0) is 13.7. The Kier molecular flexibility index (Phi) is 6.14. The Morgan fingerprint density at radius 2 is 2.16 bits per heavy atom. The Labute approximate surface area is 129 Å². The van der Waals surface area contributed by atoms with E-state index in [2.05, 4.69) is 34.2 Å². The van der Waals surface area contributed by atoms with Crippen molar-refractivity contribution < 1.29 is 4.74 Å². The fourth-order valence-electron chi connectivity index (χ4n) is 2.63. The molecule has 4 heteroatoms. The molecule has 1 unspecified atom stereocenters. The van der Waals surface area contributed by atoms with Gasteiger partial charge in [0.2, 0.25) is 0 Å². The van der Waals surface area contributed by atoms with Crippen molar-refractivity contribution in [2.75, 3.05) is 19.8 Å². The summed E-state index contributed by atoms with van der Waals surface area (Å²) in [6.45, 7) is 4.96. The zero-order valence-corrected chi connectivity index (χ0v) is 13.6. The second kappa shape index (κ2) is 7.63. The van der Waals surface area contributed by atoms with Gasteiger partial charge in [0.15, 0.2) is 0 Å². The lowest BCUT2D eigenvalue weighted by molar-refractivity contribution is 0.0535. The van der Waals surface area contributed by atoms with Gasteiger partial charge in [-0.25, -0.2) is 0 Å². The molecule has 0 spiro atoms. The lowest BCUT2D eigenvalue weighted by atomic mass is 9.87. The van der Waals surface area contributed by atoms with Gasteiger partial charge in [0.25, 0.3) is 0 Å². The minimum absolute atomic E-state index is 0.358. The highest BCUT2D eigenvalue weighted by atomic mass is 79.9. The Hall–Kier alpha value is -0.0900. The molecule has 1 aromatic rings. The molecule has 1 saturated heterocycles. The molecule has 1 fully saturated rings. The molecule has 1 N–H and O–H groups in total. The summed E-state index contributed by atoms with van der Waals surface area (Å²) in [5, 5.41) is 4.48. The summed E-state index contributed by atoms with van der Waals surface area (Å²) < 4.78 is 6.61. The van der Waals surface area contributed by atoms with Crippen LogP contribution < -0.4 is 5.32 Å². The summed E-state index contributed by atoms with van der Waals surface area (Å²) in [5.74, 6) is 0.620. The van der Waals surface area contributed by atoms with Crippen LogP contribution in [0.25, 0.3) is 0 Å². The zero-order valence-electron chi connectivity index (χ0n) is 11.3. The second-order valence-electron chi connectivity index (χ2n) is 5.05. The Bertz CT molecular complexity index is 407. The average molecular weight is 347 g/mol. The highest BCUT2D eigenvalue weighted by Crippen LogP contribution is 2.35. The molecule has 1 heterocycles. The largest absolute Gasteiger partial charge is 0.381 e. The molecule has 0 aromatic heterocycles. The van der Waals surface area contributed by atoms with Crippen molar-refractivity contribution in [1.29, 1.82) is 0 Å². The van der Waals surface area contributed by atoms with Crippen molar-refractivity contribution in [3.8, 4) is 0 Å². The molecule has 0 radical (unpaired) electrons. The first-order chi connectivity index (χ1) is 9.22. The fraction of sp³-hybridized carbons (Fsp3) is 0.600. The number of hydrogen-bond acceptors (Lipinski definition) is 2. The molecule has 106 valence electrons. The number of halogens is 2. The Morgan fingerprint density at radius 3 is 2.84 bits per heavy atom. The number of ether oxygens (including phenoxy) is 1. The van der Waals surface area contributed by atoms with Crippen LogP contribution in [-0.4, -0.2) is 19.8 Å². The normalized spacial score (nSPS) is 18.5. The molecule has 2 nitrogen and oxygen atoms in total. The average Bonchev–Trinajstić information content (AvgIpc) is 2.44. The van der Waals surface area contributed by atoms with E-state index >= 15 is 0 Å². The lowest BCUT2D eigenvalue weighted by Gasteiger charge is -2.32. The topological polar surface area (TPSA) is 21.3 Å². The van der Waals surface area contributed by atoms with E-state index in [1.807, 2.05) is 12.1 Å². The van der Waals surface area contributed by atoms with Gasteiger partial charge in [0.05, 0.1) is 0 Å². The molecule has 2 rings (SSSR count). The lowest BCUT2D eigenvalue weighted by Crippen LogP contribution is -2.32. The number of rotatable bonds is 5. The van der Waals surface area contributed by atoms with E-state index in [-0.39, 0.29) is 0 Å². The van der Waals surface area contributed by atoms with Crippen LogP contribution in [0.3, 0.4) is 0 Å². The highest BCUT2D eigenvalue weighted by Gasteiger charge is 2.26. The van der Waals surface area contributed by atoms with Gasteiger partial charge in [-0.2, -0.15) is 0 Å². The molecule has 0 aliphatic carbocycles. The van der Waals surface area contributed by atoms with Gasteiger partial charge in [0.1, 0.15) is 0 Å². The van der Waals surface area contributed by atoms with Crippen molar-refractivity contribution in [3.05, 3.63) is 33.3 Å². The fourth-order valence-corrected chi connectivity index (χ4v) is 3.31. The maximum atomic E-state index is 6.16. The molecular weight excluding hydrogens is 326 g/mol. The molecule has 19 heavy (non-hydrogen) atoms. The number of hydrogen-bond donors (Lipinski definition) is 1. The molecule has 0 saturated carbocycles. The minimum Gasteiger partial charge on any atom is -0.381 e. The summed E-state index contributed by atoms with van der Waals surface area (Å²) in [6, 6.07) is 6.40. The van der Waals surface area contributed by atoms with Crippen molar-refractivity contribution in [2.45, 2.75) is 32.2 Å². The van der Waals surface area contributed by atoms with Crippen LogP contribution in [0.5, 0.6) is 0 Å². The summed E-state index contributed by atoms with van der Waals surface area (Å²) in [6.07, 6.45) is 3.36. The third kappa shape index (κ3) is 4.19. The first kappa shape index (κ1) is 15.3. The predicted octanol–water partition coefficient (Wildman–Crippen LogP) is 4.57. The van der Waals surface area contributed by atoms with Crippen LogP contribution >= 0.6 is 27.5 Å². The third-order valence-electron chi connectivity index (χ3n) is 3.64. The molecule has 1 aliphatic heterocycles. The van der Waals surface area contributed by atoms with Crippen molar-refractivity contribution in [2.24, 2.45) is 5.92 Å². The van der Waals surface area contributed by atoms with Crippen molar-refractivity contribution >= 4 is 27.5 Å². The van der Waals surface area contributed by atoms with Gasteiger partial charge >= 0.3 is 0 Å². The van der Waals surface area contributed by atoms with Gasteiger partial charge in [-0.15, -0.1) is 0 Å². The molecule has 0 bridgehead atoms. The third-order valence-corrected chi connectivity index (χ3v) is 4.60. The Balaban J connectivity index is 2.22. The van der Waals surface area contributed by atoms with Crippen molar-refractivity contribution in [3.63, 3.8) is 0 Å². The molecule has 0 amide bonds. The SMILES string of the molecule is CCCNC(c1cc(Cl)ccc1Br)C1CCOCC1. The van der Waals surface area contributed by atoms with Crippen LogP contribution in [-0.2, 0) is 4.74 Å². The van der Waals surface area contributed by atoms with E-state index in [0.717, 1.165) is 48.5 Å². The number of benzene rings is 1. The summed E-state index contributed by atoms with van der Waals surface area (Å²) in [4.78, 5) is 0. The summed E-state index contributed by atoms with van der Waals surface area (Å²) >= 11 is 9.82. The van der Waals surface area contributed by atoms with Crippen molar-refractivity contribution in [1.82, 2.24) is 5.32 Å². The standard InChI is InChI=1S/C15H21BrClNO/c1-2-7-18-15(11-5-8-19-9-6-11)13-10-12(17)3-4-14(13)16/h3-4,10-11,15,18H,2,5-9H2,1H3. The molecule has 1 aromatic carbocycles. The van der Waals surface area contributed by atoms with Gasteiger partial charge in [-0.3, -0.25) is 0 Å². The van der Waals surface area contributed by atoms with E-state index in [9.17, 15) is 0 Å². The first-order valence-electron chi connectivity index (χ1n) is 6.98. The smallest absolute Gasteiger partial charge is 0.0469 e. The van der Waals surface area contributed by atoms with E-state index in [1.165, 1.54) is 5.56 Å². The first-order valence-corrected chi connectivity index (χ1v) is 8.15. The van der Waals surface area contributed by atoms with E-state index < -0.39 is 0 Å². The summed E-state index contributed by atoms with van der Waals surface area (Å²) in [5.41, 5.74) is 1.27. The van der Waals surface area contributed by atoms with Gasteiger partial charge in [0, 0.05) is 28.8 Å². The van der Waals surface area contributed by atoms with Crippen LogP contribution in [0, 0.1) is 5.92 Å². The molecule has 1 atom stereocenters. The van der Waals surface area contributed by atoms with Crippen LogP contribution in [0.15, 0.2) is 22.7 Å². The molecular formula is C15H21BrClNO.